The fraction of sp³-hybridized carbons (Fsp3) is 0.194. The summed E-state index contributed by atoms with van der Waals surface area (Å²) in [5.74, 6) is -7.95. The van der Waals surface area contributed by atoms with Crippen LogP contribution in [0.2, 0.25) is 0 Å². The maximum absolute atomic E-state index is 15.0. The molecule has 1 N–H and O–H groups in total. The third kappa shape index (κ3) is 8.05. The van der Waals surface area contributed by atoms with Crippen molar-refractivity contribution in [3.63, 3.8) is 0 Å². The van der Waals surface area contributed by atoms with Crippen LogP contribution in [0.4, 0.5) is 57.1 Å². The van der Waals surface area contributed by atoms with Crippen molar-refractivity contribution in [3.8, 4) is 5.75 Å². The average Bonchev–Trinajstić information content (AvgIpc) is 2.96. The monoisotopic (exact) mass is 761 g/mol. The van der Waals surface area contributed by atoms with E-state index in [1.165, 1.54) is 24.3 Å². The number of hydrogen-bond acceptors (Lipinski definition) is 2. The van der Waals surface area contributed by atoms with Crippen LogP contribution in [0, 0.1) is 17.5 Å². The van der Waals surface area contributed by atoms with Crippen LogP contribution in [0.25, 0.3) is 0 Å². The quantitative estimate of drug-likeness (QED) is 0.173. The molecule has 3 nitrogen and oxygen atoms in total. The summed E-state index contributed by atoms with van der Waals surface area (Å²) in [6.45, 7) is 0. The minimum absolute atomic E-state index is 0.0736. The van der Waals surface area contributed by atoms with E-state index in [1.807, 2.05) is 0 Å². The molecule has 48 heavy (non-hydrogen) atoms. The Bertz CT molecular complexity index is 1810. The number of rotatable bonds is 9. The first kappa shape index (κ1) is 36.6. The van der Waals surface area contributed by atoms with E-state index >= 15 is 4.39 Å². The van der Waals surface area contributed by atoms with Gasteiger partial charge in [-0.05, 0) is 71.3 Å². The predicted molar refractivity (Wildman–Crippen MR) is 147 cm³/mol. The van der Waals surface area contributed by atoms with Crippen LogP contribution in [-0.4, -0.2) is 18.4 Å². The van der Waals surface area contributed by atoms with Gasteiger partial charge in [0, 0.05) is 22.5 Å². The number of amides is 1. The van der Waals surface area contributed by atoms with Crippen molar-refractivity contribution in [1.82, 2.24) is 5.32 Å². The molecule has 0 unspecified atom stereocenters. The fourth-order valence-electron chi connectivity index (χ4n) is 4.70. The summed E-state index contributed by atoms with van der Waals surface area (Å²) < 4.78 is 184. The van der Waals surface area contributed by atoms with E-state index in [1.54, 1.807) is 0 Å². The van der Waals surface area contributed by atoms with Crippen molar-refractivity contribution in [2.75, 3.05) is 0 Å². The smallest absolute Gasteiger partial charge is 0.428 e. The van der Waals surface area contributed by atoms with Crippen molar-refractivity contribution >= 4 is 21.8 Å². The first-order valence-electron chi connectivity index (χ1n) is 13.1. The Hall–Kier alpha value is -4.28. The van der Waals surface area contributed by atoms with Crippen LogP contribution >= 0.6 is 15.9 Å². The van der Waals surface area contributed by atoms with Crippen LogP contribution in [0.1, 0.15) is 38.2 Å². The highest BCUT2D eigenvalue weighted by molar-refractivity contribution is 9.10. The van der Waals surface area contributed by atoms with Gasteiger partial charge in [0.2, 0.25) is 0 Å². The Balaban J connectivity index is 2.06. The normalized spacial score (nSPS) is 13.7. The van der Waals surface area contributed by atoms with E-state index < -0.39 is 93.8 Å². The van der Waals surface area contributed by atoms with E-state index in [9.17, 15) is 57.5 Å². The molecule has 4 aromatic carbocycles. The summed E-state index contributed by atoms with van der Waals surface area (Å²) in [6, 6.07) is 8.78. The SMILES string of the molecule is O=C(N[C@](Cc1ccc(Br)cc1)(c1cc(F)cc(OC(F)(F)C(F)F)c1)c1ccc(F)c(C(F)(F)F)c1)c1ccc(F)c(C(F)(F)F)c1. The van der Waals surface area contributed by atoms with Crippen molar-refractivity contribution in [2.24, 2.45) is 0 Å². The molecule has 0 bridgehead atoms. The lowest BCUT2D eigenvalue weighted by molar-refractivity contribution is -0.253. The van der Waals surface area contributed by atoms with Crippen LogP contribution in [-0.2, 0) is 24.3 Å². The summed E-state index contributed by atoms with van der Waals surface area (Å²) in [5.41, 5.74) is -8.75. The van der Waals surface area contributed by atoms with Crippen LogP contribution in [0.5, 0.6) is 5.75 Å². The molecule has 256 valence electrons. The topological polar surface area (TPSA) is 38.3 Å². The van der Waals surface area contributed by atoms with E-state index in [0.717, 1.165) is 0 Å². The van der Waals surface area contributed by atoms with Crippen molar-refractivity contribution in [2.45, 2.75) is 36.8 Å². The van der Waals surface area contributed by atoms with Gasteiger partial charge in [-0.1, -0.05) is 34.1 Å². The standard InChI is InChI=1S/C31H17BrF13NO2/c32-19-5-1-15(2-6-19)14-28(17-4-8-25(35)23(12-17)30(41,42)43,18-10-20(33)13-21(11-18)48-31(44,45)27(36)37)46-26(47)16-3-7-24(34)22(9-16)29(38,39)40/h1-13,27H,14H2,(H,46,47)/t28-/m0/s1. The molecular formula is C31H17BrF13NO2. The van der Waals surface area contributed by atoms with Gasteiger partial charge < -0.3 is 10.1 Å². The zero-order valence-corrected chi connectivity index (χ0v) is 25.0. The lowest BCUT2D eigenvalue weighted by Gasteiger charge is -2.37. The van der Waals surface area contributed by atoms with Gasteiger partial charge in [0.1, 0.15) is 23.2 Å². The van der Waals surface area contributed by atoms with E-state index in [2.05, 4.69) is 26.0 Å². The van der Waals surface area contributed by atoms with E-state index in [0.29, 0.717) is 34.8 Å². The molecule has 0 radical (unpaired) electrons. The Morgan fingerprint density at radius 2 is 1.27 bits per heavy atom. The second kappa shape index (κ2) is 13.3. The molecule has 4 aromatic rings. The minimum atomic E-state index is -5.39. The zero-order valence-electron chi connectivity index (χ0n) is 23.4. The second-order valence-corrected chi connectivity index (χ2v) is 11.1. The Morgan fingerprint density at radius 3 is 1.83 bits per heavy atom. The van der Waals surface area contributed by atoms with Gasteiger partial charge in [0.05, 0.1) is 16.7 Å². The number of nitrogens with one attached hydrogen (secondary N) is 1. The number of carbonyl (C=O) groups excluding carboxylic acids is 1. The number of ether oxygens (including phenoxy) is 1. The molecule has 0 saturated carbocycles. The molecular weight excluding hydrogens is 745 g/mol. The molecule has 0 aromatic heterocycles. The summed E-state index contributed by atoms with van der Waals surface area (Å²) in [5, 5.41) is 2.19. The van der Waals surface area contributed by atoms with E-state index in [-0.39, 0.29) is 29.8 Å². The molecule has 0 spiro atoms. The van der Waals surface area contributed by atoms with Gasteiger partial charge in [-0.3, -0.25) is 4.79 Å². The average molecular weight is 762 g/mol. The van der Waals surface area contributed by atoms with Gasteiger partial charge in [-0.15, -0.1) is 0 Å². The fourth-order valence-corrected chi connectivity index (χ4v) is 4.96. The second-order valence-electron chi connectivity index (χ2n) is 10.2. The maximum Gasteiger partial charge on any atom is 0.461 e. The number of carbonyl (C=O) groups is 1. The van der Waals surface area contributed by atoms with Gasteiger partial charge in [-0.2, -0.15) is 43.9 Å². The zero-order chi connectivity index (χ0) is 35.8. The predicted octanol–water partition coefficient (Wildman–Crippen LogP) is 10.1. The lowest BCUT2D eigenvalue weighted by Crippen LogP contribution is -2.49. The number of halogens is 14. The maximum atomic E-state index is 15.0. The third-order valence-electron chi connectivity index (χ3n) is 6.88. The summed E-state index contributed by atoms with van der Waals surface area (Å²) >= 11 is 3.15. The lowest BCUT2D eigenvalue weighted by atomic mass is 9.77. The molecule has 0 aliphatic rings. The molecule has 4 rings (SSSR count). The Morgan fingerprint density at radius 1 is 0.708 bits per heavy atom. The molecule has 0 fully saturated rings. The number of alkyl halides is 10. The number of benzene rings is 4. The Labute approximate surface area is 270 Å². The van der Waals surface area contributed by atoms with E-state index in [4.69, 9.17) is 0 Å². The summed E-state index contributed by atoms with van der Waals surface area (Å²) in [6.07, 6.45) is -21.1. The molecule has 0 aliphatic carbocycles. The number of hydrogen-bond donors (Lipinski definition) is 1. The largest absolute Gasteiger partial charge is 0.461 e. The van der Waals surface area contributed by atoms with Crippen LogP contribution in [0.3, 0.4) is 0 Å². The molecule has 0 aliphatic heterocycles. The molecule has 0 saturated heterocycles. The van der Waals surface area contributed by atoms with Crippen LogP contribution < -0.4 is 10.1 Å². The van der Waals surface area contributed by atoms with Crippen molar-refractivity contribution in [3.05, 3.63) is 134 Å². The highest BCUT2D eigenvalue weighted by atomic mass is 79.9. The van der Waals surface area contributed by atoms with Gasteiger partial charge in [0.25, 0.3) is 5.91 Å². The van der Waals surface area contributed by atoms with Crippen molar-refractivity contribution in [1.29, 1.82) is 0 Å². The minimum Gasteiger partial charge on any atom is -0.428 e. The van der Waals surface area contributed by atoms with Gasteiger partial charge in [0.15, 0.2) is 0 Å². The van der Waals surface area contributed by atoms with Gasteiger partial charge in [-0.25, -0.2) is 13.2 Å². The third-order valence-corrected chi connectivity index (χ3v) is 7.41. The molecule has 0 heterocycles. The molecule has 1 amide bonds. The highest BCUT2D eigenvalue weighted by Gasteiger charge is 2.45. The molecule has 17 heteroatoms. The summed E-state index contributed by atoms with van der Waals surface area (Å²) in [4.78, 5) is 13.6. The molecule has 1 atom stereocenters. The highest BCUT2D eigenvalue weighted by Crippen LogP contribution is 2.41. The van der Waals surface area contributed by atoms with Gasteiger partial charge >= 0.3 is 24.9 Å². The van der Waals surface area contributed by atoms with Crippen LogP contribution in [0.15, 0.2) is 83.3 Å². The Kier molecular flexibility index (Phi) is 10.1. The first-order chi connectivity index (χ1) is 22.1. The first-order valence-corrected chi connectivity index (χ1v) is 13.9. The summed E-state index contributed by atoms with van der Waals surface area (Å²) in [7, 11) is 0. The van der Waals surface area contributed by atoms with Crippen molar-refractivity contribution < 1.29 is 66.6 Å².